The molecule has 0 aliphatic rings. The highest BCUT2D eigenvalue weighted by atomic mass is 16.4. The normalized spacial score (nSPS) is 13.8. The van der Waals surface area contributed by atoms with E-state index >= 15 is 0 Å². The summed E-state index contributed by atoms with van der Waals surface area (Å²) in [6, 6.07) is 8.67. The van der Waals surface area contributed by atoms with Gasteiger partial charge in [0, 0.05) is 19.0 Å². The lowest BCUT2D eigenvalue weighted by Gasteiger charge is -2.14. The Morgan fingerprint density at radius 1 is 1.44 bits per heavy atom. The van der Waals surface area contributed by atoms with Gasteiger partial charge in [0.25, 0.3) is 0 Å². The third-order valence-corrected chi connectivity index (χ3v) is 2.54. The summed E-state index contributed by atoms with van der Waals surface area (Å²) in [5, 5.41) is 14.6. The Bertz CT molecular complexity index is 346. The number of hydrogen-bond donors (Lipinski definition) is 3. The van der Waals surface area contributed by atoms with Crippen molar-refractivity contribution < 1.29 is 5.21 Å². The first kappa shape index (κ1) is 12.5. The molecule has 0 unspecified atom stereocenters. The molecule has 0 amide bonds. The maximum absolute atomic E-state index is 8.38. The minimum atomic E-state index is 0.253. The highest BCUT2D eigenvalue weighted by Crippen LogP contribution is 2.12. The van der Waals surface area contributed by atoms with Crippen molar-refractivity contribution in [3.8, 4) is 0 Å². The number of hydrogen-bond acceptors (Lipinski definition) is 3. The van der Waals surface area contributed by atoms with Gasteiger partial charge in [0.1, 0.15) is 5.84 Å². The van der Waals surface area contributed by atoms with Crippen LogP contribution in [0, 0.1) is 6.92 Å². The van der Waals surface area contributed by atoms with Gasteiger partial charge in [0.05, 0.1) is 0 Å². The summed E-state index contributed by atoms with van der Waals surface area (Å²) < 4.78 is 0. The van der Waals surface area contributed by atoms with Crippen molar-refractivity contribution in [1.82, 2.24) is 5.32 Å². The van der Waals surface area contributed by atoms with E-state index in [0.29, 0.717) is 13.0 Å². The smallest absolute Gasteiger partial charge is 0.140 e. The molecule has 16 heavy (non-hydrogen) atoms. The molecule has 0 saturated carbocycles. The zero-order chi connectivity index (χ0) is 12.0. The van der Waals surface area contributed by atoms with Crippen LogP contribution in [0.1, 0.15) is 30.5 Å². The molecule has 88 valence electrons. The third kappa shape index (κ3) is 3.90. The molecule has 0 radical (unpaired) electrons. The molecule has 0 heterocycles. The topological polar surface area (TPSA) is 70.6 Å². The lowest BCUT2D eigenvalue weighted by Crippen LogP contribution is -2.24. The molecule has 1 aromatic rings. The fourth-order valence-corrected chi connectivity index (χ4v) is 1.44. The molecular formula is C12H19N3O. The van der Waals surface area contributed by atoms with Crippen LogP contribution < -0.4 is 11.1 Å². The van der Waals surface area contributed by atoms with Crippen LogP contribution in [0.4, 0.5) is 0 Å². The largest absolute Gasteiger partial charge is 0.409 e. The number of nitrogens with one attached hydrogen (secondary N) is 1. The molecule has 0 spiro atoms. The summed E-state index contributed by atoms with van der Waals surface area (Å²) >= 11 is 0. The molecular weight excluding hydrogens is 202 g/mol. The number of benzene rings is 1. The van der Waals surface area contributed by atoms with Gasteiger partial charge in [-0.15, -0.1) is 0 Å². The number of nitrogens with two attached hydrogens (primary N) is 1. The predicted octanol–water partition coefficient (Wildman–Crippen LogP) is 1.78. The lowest BCUT2D eigenvalue weighted by molar-refractivity contribution is 0.316. The Hall–Kier alpha value is -1.55. The minimum absolute atomic E-state index is 0.253. The minimum Gasteiger partial charge on any atom is -0.409 e. The maximum Gasteiger partial charge on any atom is 0.140 e. The van der Waals surface area contributed by atoms with E-state index in [1.807, 2.05) is 0 Å². The van der Waals surface area contributed by atoms with Gasteiger partial charge in [-0.25, -0.2) is 0 Å². The van der Waals surface area contributed by atoms with Crippen LogP contribution in [0.5, 0.6) is 0 Å². The molecule has 0 aliphatic heterocycles. The Morgan fingerprint density at radius 2 is 2.06 bits per heavy atom. The molecule has 1 rings (SSSR count). The van der Waals surface area contributed by atoms with Crippen molar-refractivity contribution in [3.63, 3.8) is 0 Å². The van der Waals surface area contributed by atoms with Crippen molar-refractivity contribution in [3.05, 3.63) is 35.4 Å². The Balaban J connectivity index is 2.40. The first-order valence-electron chi connectivity index (χ1n) is 5.40. The van der Waals surface area contributed by atoms with E-state index in [1.165, 1.54) is 11.1 Å². The van der Waals surface area contributed by atoms with E-state index in [1.54, 1.807) is 0 Å². The highest BCUT2D eigenvalue weighted by molar-refractivity contribution is 5.79. The van der Waals surface area contributed by atoms with Crippen LogP contribution in [0.2, 0.25) is 0 Å². The van der Waals surface area contributed by atoms with E-state index in [2.05, 4.69) is 48.6 Å². The standard InChI is InChI=1S/C12H19N3O/c1-9-3-5-11(6-4-9)10(2)14-8-7-12(13)15-16/h3-6,10,14,16H,7-8H2,1-2H3,(H2,13,15)/t10-/m0/s1. The van der Waals surface area contributed by atoms with E-state index in [9.17, 15) is 0 Å². The van der Waals surface area contributed by atoms with E-state index in [4.69, 9.17) is 10.9 Å². The monoisotopic (exact) mass is 221 g/mol. The van der Waals surface area contributed by atoms with Crippen LogP contribution in [0.25, 0.3) is 0 Å². The van der Waals surface area contributed by atoms with Crippen LogP contribution in [0.15, 0.2) is 29.4 Å². The predicted molar refractivity (Wildman–Crippen MR) is 65.6 cm³/mol. The average molecular weight is 221 g/mol. The molecule has 4 heteroatoms. The van der Waals surface area contributed by atoms with Gasteiger partial charge in [0.15, 0.2) is 0 Å². The Kier molecular flexibility index (Phi) is 4.79. The van der Waals surface area contributed by atoms with Gasteiger partial charge in [-0.2, -0.15) is 0 Å². The van der Waals surface area contributed by atoms with Crippen LogP contribution in [0.3, 0.4) is 0 Å². The van der Waals surface area contributed by atoms with Gasteiger partial charge >= 0.3 is 0 Å². The molecule has 0 aliphatic carbocycles. The second-order valence-electron chi connectivity index (χ2n) is 3.93. The summed E-state index contributed by atoms with van der Waals surface area (Å²) in [6.45, 7) is 4.86. The third-order valence-electron chi connectivity index (χ3n) is 2.54. The Labute approximate surface area is 96.2 Å². The summed E-state index contributed by atoms with van der Waals surface area (Å²) in [6.07, 6.45) is 0.548. The SMILES string of the molecule is Cc1ccc([C@H](C)NCC/C(N)=N/O)cc1. The molecule has 4 N–H and O–H groups in total. The van der Waals surface area contributed by atoms with Gasteiger partial charge in [-0.3, -0.25) is 0 Å². The van der Waals surface area contributed by atoms with E-state index < -0.39 is 0 Å². The second-order valence-corrected chi connectivity index (χ2v) is 3.93. The maximum atomic E-state index is 8.38. The van der Waals surface area contributed by atoms with Gasteiger partial charge in [-0.1, -0.05) is 35.0 Å². The van der Waals surface area contributed by atoms with Crippen LogP contribution in [-0.4, -0.2) is 17.6 Å². The van der Waals surface area contributed by atoms with Crippen molar-refractivity contribution in [2.75, 3.05) is 6.54 Å². The summed E-state index contributed by atoms with van der Waals surface area (Å²) in [4.78, 5) is 0. The number of oxime groups is 1. The zero-order valence-corrected chi connectivity index (χ0v) is 9.77. The Morgan fingerprint density at radius 3 is 2.62 bits per heavy atom. The molecule has 0 fully saturated rings. The van der Waals surface area contributed by atoms with Crippen LogP contribution >= 0.6 is 0 Å². The fourth-order valence-electron chi connectivity index (χ4n) is 1.44. The lowest BCUT2D eigenvalue weighted by atomic mass is 10.1. The highest BCUT2D eigenvalue weighted by Gasteiger charge is 2.04. The van der Waals surface area contributed by atoms with E-state index in [-0.39, 0.29) is 11.9 Å². The second kappa shape index (κ2) is 6.12. The van der Waals surface area contributed by atoms with Gasteiger partial charge < -0.3 is 16.3 Å². The van der Waals surface area contributed by atoms with E-state index in [0.717, 1.165) is 0 Å². The molecule has 0 saturated heterocycles. The quantitative estimate of drug-likeness (QED) is 0.307. The van der Waals surface area contributed by atoms with Crippen molar-refractivity contribution in [1.29, 1.82) is 0 Å². The van der Waals surface area contributed by atoms with Crippen molar-refractivity contribution >= 4 is 5.84 Å². The van der Waals surface area contributed by atoms with Crippen LogP contribution in [-0.2, 0) is 0 Å². The summed E-state index contributed by atoms with van der Waals surface area (Å²) in [7, 11) is 0. The molecule has 0 bridgehead atoms. The fraction of sp³-hybridized carbons (Fsp3) is 0.417. The first-order chi connectivity index (χ1) is 7.63. The molecule has 1 aromatic carbocycles. The number of aryl methyl sites for hydroxylation is 1. The average Bonchev–Trinajstić information content (AvgIpc) is 2.29. The van der Waals surface area contributed by atoms with Crippen molar-refractivity contribution in [2.24, 2.45) is 10.9 Å². The number of amidine groups is 1. The number of rotatable bonds is 5. The molecule has 0 aromatic heterocycles. The summed E-state index contributed by atoms with van der Waals surface area (Å²) in [5.41, 5.74) is 7.88. The van der Waals surface area contributed by atoms with Crippen molar-refractivity contribution in [2.45, 2.75) is 26.3 Å². The zero-order valence-electron chi connectivity index (χ0n) is 9.77. The summed E-state index contributed by atoms with van der Waals surface area (Å²) in [5.74, 6) is 0.253. The first-order valence-corrected chi connectivity index (χ1v) is 5.40. The molecule has 1 atom stereocenters. The van der Waals surface area contributed by atoms with Gasteiger partial charge in [-0.05, 0) is 19.4 Å². The van der Waals surface area contributed by atoms with Gasteiger partial charge in [0.2, 0.25) is 0 Å². The molecule has 4 nitrogen and oxygen atoms in total. The number of nitrogens with zero attached hydrogens (tertiary/aromatic N) is 1.